The van der Waals surface area contributed by atoms with Gasteiger partial charge in [-0.25, -0.2) is 4.79 Å². The lowest BCUT2D eigenvalue weighted by atomic mass is 9.94. The molecule has 77 heavy (non-hydrogen) atoms. The molecule has 0 bridgehead atoms. The third kappa shape index (κ3) is 12.6. The normalized spacial score (nSPS) is 31.6. The number of aliphatic hydroxyl groups excluding tert-OH is 1. The second-order valence-corrected chi connectivity index (χ2v) is 23.4. The van der Waals surface area contributed by atoms with Gasteiger partial charge in [0.15, 0.2) is 6.10 Å². The van der Waals surface area contributed by atoms with Crippen LogP contribution < -0.4 is 20.7 Å². The number of fused-ring (bicyclic) bond motifs is 1. The smallest absolute Gasteiger partial charge is 0.329 e. The van der Waals surface area contributed by atoms with Crippen LogP contribution in [0.25, 0.3) is 0 Å². The number of carbonyl (C=O) groups is 10. The number of Topliss-reactive ketones (excluding diaryl/α,β-unsaturated/α-hetero) is 1. The predicted octanol–water partition coefficient (Wildman–Crippen LogP) is 2.18. The summed E-state index contributed by atoms with van der Waals surface area (Å²) in [6, 6.07) is 2.41. The molecule has 2 aliphatic carbocycles. The Labute approximate surface area is 452 Å². The lowest BCUT2D eigenvalue weighted by Gasteiger charge is -2.36. The first-order chi connectivity index (χ1) is 36.1. The van der Waals surface area contributed by atoms with Crippen LogP contribution in [-0.4, -0.2) is 178 Å². The highest BCUT2D eigenvalue weighted by atomic mass is 16.6. The number of cyclic esters (lactones) is 2. The van der Waals surface area contributed by atoms with Gasteiger partial charge >= 0.3 is 11.9 Å². The molecule has 6 rings (SSSR count). The topological polar surface area (TPSA) is 268 Å². The maximum Gasteiger partial charge on any atom is 0.329 e. The molecule has 3 saturated heterocycles. The highest BCUT2D eigenvalue weighted by Gasteiger charge is 2.66. The molecule has 1 aromatic rings. The van der Waals surface area contributed by atoms with Crippen LogP contribution in [0.15, 0.2) is 24.3 Å². The van der Waals surface area contributed by atoms with E-state index in [1.165, 1.54) is 47.7 Å². The van der Waals surface area contributed by atoms with Gasteiger partial charge in [0.25, 0.3) is 11.8 Å². The third-order valence-corrected chi connectivity index (χ3v) is 16.9. The fraction of sp³-hybridized carbons (Fsp3) is 0.714. The van der Waals surface area contributed by atoms with E-state index < -0.39 is 143 Å². The summed E-state index contributed by atoms with van der Waals surface area (Å²) in [5.74, 6) is -9.77. The Hall–Kier alpha value is -6.12. The third-order valence-electron chi connectivity index (χ3n) is 16.9. The number of ketones is 1. The van der Waals surface area contributed by atoms with Crippen LogP contribution in [-0.2, 0) is 63.8 Å². The first kappa shape index (κ1) is 60.1. The lowest BCUT2D eigenvalue weighted by Crippen LogP contribution is -2.59. The summed E-state index contributed by atoms with van der Waals surface area (Å²) < 4.78 is 17.4. The number of nitrogens with one attached hydrogen (secondary N) is 3. The molecular formula is C56H83N7O14. The fourth-order valence-corrected chi connectivity index (χ4v) is 12.0. The predicted molar refractivity (Wildman–Crippen MR) is 280 cm³/mol. The van der Waals surface area contributed by atoms with Crippen molar-refractivity contribution in [2.45, 2.75) is 174 Å². The van der Waals surface area contributed by atoms with Gasteiger partial charge in [-0.1, -0.05) is 67.5 Å². The van der Waals surface area contributed by atoms with E-state index in [2.05, 4.69) is 16.0 Å². The van der Waals surface area contributed by atoms with Crippen LogP contribution in [0.4, 0.5) is 0 Å². The summed E-state index contributed by atoms with van der Waals surface area (Å²) in [5, 5.41) is 20.4. The summed E-state index contributed by atoms with van der Waals surface area (Å²) in [5.41, 5.74) is -2.21. The van der Waals surface area contributed by atoms with Gasteiger partial charge in [0, 0.05) is 47.1 Å². The molecule has 5 fully saturated rings. The highest BCUT2D eigenvalue weighted by molar-refractivity contribution is 6.35. The number of carbonyl (C=O) groups excluding carboxylic acids is 10. The molecule has 1 aromatic carbocycles. The van der Waals surface area contributed by atoms with Crippen LogP contribution in [0, 0.1) is 41.4 Å². The van der Waals surface area contributed by atoms with Crippen molar-refractivity contribution in [3.05, 3.63) is 29.8 Å². The number of aliphatic hydroxyl groups is 1. The van der Waals surface area contributed by atoms with Crippen molar-refractivity contribution in [2.75, 3.05) is 40.8 Å². The van der Waals surface area contributed by atoms with Gasteiger partial charge in [-0.05, 0) is 98.7 Å². The number of methoxy groups -OCH3 is 1. The van der Waals surface area contributed by atoms with Gasteiger partial charge in [-0.3, -0.25) is 43.2 Å². The number of esters is 2. The molecule has 0 radical (unpaired) electrons. The molecular weight excluding hydrogens is 995 g/mol. The van der Waals surface area contributed by atoms with E-state index >= 15 is 0 Å². The van der Waals surface area contributed by atoms with Crippen molar-refractivity contribution >= 4 is 59.1 Å². The molecule has 21 nitrogen and oxygen atoms in total. The largest absolute Gasteiger partial charge is 0.497 e. The quantitative estimate of drug-likeness (QED) is 0.163. The molecule has 4 N–H and O–H groups in total. The SMILES string of the molecule is COc1ccc(C[C@H]2C(=O)OC(C)C(CNC(=O)C3(N(C)C(=O)[C@@H]4CCCN4C(=O)C(C)=O)CC3C(C)C)C(=O)NC(C(C)C)[C@@H](O)CC(=O)O[C@@H](C(C)C)C(=O)N[C@]3(CC3C(C)C)C(=O)N3CCC[C@H]3C(=O)N2C)cc1. The van der Waals surface area contributed by atoms with E-state index in [4.69, 9.17) is 14.2 Å². The van der Waals surface area contributed by atoms with Crippen LogP contribution in [0.5, 0.6) is 5.75 Å². The van der Waals surface area contributed by atoms with E-state index in [0.717, 1.165) is 6.92 Å². The van der Waals surface area contributed by atoms with Crippen LogP contribution in [0.2, 0.25) is 0 Å². The van der Waals surface area contributed by atoms with Crippen molar-refractivity contribution in [1.29, 1.82) is 0 Å². The first-order valence-electron chi connectivity index (χ1n) is 27.4. The summed E-state index contributed by atoms with van der Waals surface area (Å²) in [6.07, 6.45) is -3.00. The Kier molecular flexibility index (Phi) is 18.9. The molecule has 6 unspecified atom stereocenters. The van der Waals surface area contributed by atoms with Gasteiger partial charge in [0.1, 0.15) is 41.1 Å². The average molecular weight is 1080 g/mol. The van der Waals surface area contributed by atoms with Crippen LogP contribution >= 0.6 is 0 Å². The molecule has 2 saturated carbocycles. The van der Waals surface area contributed by atoms with Crippen molar-refractivity contribution in [2.24, 2.45) is 41.4 Å². The fourth-order valence-electron chi connectivity index (χ4n) is 12.0. The summed E-state index contributed by atoms with van der Waals surface area (Å²) in [4.78, 5) is 147. The second-order valence-electron chi connectivity index (χ2n) is 23.4. The molecule has 21 heteroatoms. The Morgan fingerprint density at radius 3 is 2.05 bits per heavy atom. The van der Waals surface area contributed by atoms with Crippen molar-refractivity contribution in [1.82, 2.24) is 35.6 Å². The number of ether oxygens (including phenoxy) is 3. The average Bonchev–Trinajstić information content (AvgIpc) is 4.16. The molecule has 3 aliphatic heterocycles. The highest BCUT2D eigenvalue weighted by Crippen LogP contribution is 2.53. The maximum absolute atomic E-state index is 14.9. The van der Waals surface area contributed by atoms with Crippen molar-refractivity contribution in [3.8, 4) is 5.75 Å². The Morgan fingerprint density at radius 2 is 1.49 bits per heavy atom. The van der Waals surface area contributed by atoms with Crippen molar-refractivity contribution in [3.63, 3.8) is 0 Å². The zero-order valence-corrected chi connectivity index (χ0v) is 47.2. The minimum Gasteiger partial charge on any atom is -0.497 e. The zero-order valence-electron chi connectivity index (χ0n) is 47.2. The number of benzene rings is 1. The lowest BCUT2D eigenvalue weighted by molar-refractivity contribution is -0.163. The summed E-state index contributed by atoms with van der Waals surface area (Å²) >= 11 is 0. The van der Waals surface area contributed by atoms with Gasteiger partial charge in [-0.2, -0.15) is 0 Å². The van der Waals surface area contributed by atoms with E-state index in [1.807, 2.05) is 27.7 Å². The number of amides is 7. The summed E-state index contributed by atoms with van der Waals surface area (Å²) in [7, 11) is 4.45. The van der Waals surface area contributed by atoms with Gasteiger partial charge in [0.05, 0.1) is 31.6 Å². The molecule has 0 aromatic heterocycles. The Balaban J connectivity index is 1.38. The molecule has 5 aliphatic rings. The number of rotatable bonds is 13. The number of hydrogen-bond donors (Lipinski definition) is 4. The Morgan fingerprint density at radius 1 is 0.857 bits per heavy atom. The monoisotopic (exact) mass is 1080 g/mol. The molecule has 426 valence electrons. The Bertz CT molecular complexity index is 2430. The van der Waals surface area contributed by atoms with Crippen molar-refractivity contribution < 1.29 is 67.3 Å². The zero-order chi connectivity index (χ0) is 57.2. The first-order valence-corrected chi connectivity index (χ1v) is 27.4. The van der Waals surface area contributed by atoms with Gasteiger partial charge in [-0.15, -0.1) is 0 Å². The van der Waals surface area contributed by atoms with Crippen LogP contribution in [0.1, 0.15) is 120 Å². The summed E-state index contributed by atoms with van der Waals surface area (Å²) in [6.45, 7) is 17.0. The molecule has 1 spiro atoms. The number of hydrogen-bond acceptors (Lipinski definition) is 14. The molecule has 7 amide bonds. The second kappa shape index (κ2) is 24.3. The molecule has 12 atom stereocenters. The van der Waals surface area contributed by atoms with E-state index in [0.29, 0.717) is 30.6 Å². The number of likely N-dealkylation sites (N-methyl/N-ethyl adjacent to an activating group) is 2. The molecule has 3 heterocycles. The van der Waals surface area contributed by atoms with E-state index in [-0.39, 0.29) is 62.4 Å². The van der Waals surface area contributed by atoms with E-state index in [1.54, 1.807) is 52.0 Å². The maximum atomic E-state index is 14.9. The van der Waals surface area contributed by atoms with Gasteiger partial charge in [0.2, 0.25) is 35.3 Å². The minimum atomic E-state index is -1.57. The standard InChI is InChI=1S/C56H83N7O14/c1-29(2)38-26-55(38)54(74)63-23-15-16-40(63)50(70)60(11)42(24-35-18-20-36(75-13)21-19-35)52(72)76-34(10)37(47(67)58-45(31(5)6)43(65)25-44(66)77-46(32(7)8)48(68)59-55)28-57-53(73)56(27-39(56)30(3)4)61(12)51(71)41-17-14-22-62(41)49(69)33(9)64/h18-21,29-32,34,37-43,45-46,65H,14-17,22-28H2,1-13H3,(H,57,73)(H,58,67)(H,59,68)/t34?,37?,38?,39?,40-,41-,42-,43-,45?,46-,55-,56?/m0/s1. The van der Waals surface area contributed by atoms with Crippen LogP contribution in [0.3, 0.4) is 0 Å². The van der Waals surface area contributed by atoms with Gasteiger partial charge < -0.3 is 54.9 Å². The minimum absolute atomic E-state index is 0.0629. The number of likely N-dealkylation sites (tertiary alicyclic amines) is 1. The number of nitrogens with zero attached hydrogens (tertiary/aromatic N) is 4. The van der Waals surface area contributed by atoms with E-state index in [9.17, 15) is 53.1 Å².